The Hall–Kier alpha value is -1.66. The number of amides is 1. The van der Waals surface area contributed by atoms with Crippen molar-refractivity contribution in [3.63, 3.8) is 0 Å². The van der Waals surface area contributed by atoms with E-state index in [0.717, 1.165) is 25.2 Å². The number of hydrogen-bond donors (Lipinski definition) is 3. The van der Waals surface area contributed by atoms with E-state index in [2.05, 4.69) is 27.7 Å². The molecular weight excluding hydrogens is 266 g/mol. The Morgan fingerprint density at radius 2 is 2.19 bits per heavy atom. The van der Waals surface area contributed by atoms with Crippen LogP contribution in [0.4, 0.5) is 5.69 Å². The summed E-state index contributed by atoms with van der Waals surface area (Å²) in [6.07, 6.45) is 5.03. The fraction of sp³-hybridized carbons (Fsp3) is 0.600. The zero-order valence-corrected chi connectivity index (χ0v) is 12.9. The molecule has 0 unspecified atom stereocenters. The molecule has 4 N–H and O–H groups in total. The van der Waals surface area contributed by atoms with Crippen LogP contribution in [0.15, 0.2) is 12.3 Å². The number of carbonyl (C=O) groups is 1. The van der Waals surface area contributed by atoms with Gasteiger partial charge in [0.1, 0.15) is 0 Å². The van der Waals surface area contributed by atoms with Crippen molar-refractivity contribution in [2.75, 3.05) is 32.1 Å². The van der Waals surface area contributed by atoms with Crippen molar-refractivity contribution in [1.82, 2.24) is 15.2 Å². The second-order valence-corrected chi connectivity index (χ2v) is 5.81. The van der Waals surface area contributed by atoms with Gasteiger partial charge in [-0.2, -0.15) is 0 Å². The summed E-state index contributed by atoms with van der Waals surface area (Å²) in [4.78, 5) is 18.7. The first kappa shape index (κ1) is 15.7. The summed E-state index contributed by atoms with van der Waals surface area (Å²) in [5, 5.41) is 2.96. The van der Waals surface area contributed by atoms with Gasteiger partial charge in [-0.1, -0.05) is 0 Å². The highest BCUT2D eigenvalue weighted by molar-refractivity contribution is 5.99. The van der Waals surface area contributed by atoms with Crippen molar-refractivity contribution in [3.05, 3.63) is 23.5 Å². The van der Waals surface area contributed by atoms with Crippen molar-refractivity contribution in [3.8, 4) is 0 Å². The van der Waals surface area contributed by atoms with Gasteiger partial charge in [0.2, 0.25) is 0 Å². The SMILES string of the molecule is Cc1cc(NN)c(C(=O)NCCC2CCN(C)CC2)cn1. The number of nitrogens with one attached hydrogen (secondary N) is 2. The van der Waals surface area contributed by atoms with Crippen molar-refractivity contribution in [2.24, 2.45) is 11.8 Å². The van der Waals surface area contributed by atoms with Crippen LogP contribution in [0.1, 0.15) is 35.3 Å². The molecule has 6 heteroatoms. The third kappa shape index (κ3) is 4.41. The van der Waals surface area contributed by atoms with Crippen molar-refractivity contribution < 1.29 is 4.79 Å². The molecule has 0 aromatic carbocycles. The molecule has 1 aromatic rings. The van der Waals surface area contributed by atoms with Gasteiger partial charge in [0.25, 0.3) is 5.91 Å². The highest BCUT2D eigenvalue weighted by Gasteiger charge is 2.17. The lowest BCUT2D eigenvalue weighted by Crippen LogP contribution is -2.33. The highest BCUT2D eigenvalue weighted by Crippen LogP contribution is 2.19. The summed E-state index contributed by atoms with van der Waals surface area (Å²) < 4.78 is 0. The topological polar surface area (TPSA) is 83.3 Å². The summed E-state index contributed by atoms with van der Waals surface area (Å²) in [5.41, 5.74) is 4.48. The van der Waals surface area contributed by atoms with E-state index in [4.69, 9.17) is 5.84 Å². The molecule has 6 nitrogen and oxygen atoms in total. The van der Waals surface area contributed by atoms with E-state index >= 15 is 0 Å². The van der Waals surface area contributed by atoms with E-state index in [0.29, 0.717) is 23.7 Å². The number of nitrogens with zero attached hydrogens (tertiary/aromatic N) is 2. The molecule has 0 bridgehead atoms. The lowest BCUT2D eigenvalue weighted by molar-refractivity contribution is 0.0949. The van der Waals surface area contributed by atoms with Crippen LogP contribution in [0.25, 0.3) is 0 Å². The summed E-state index contributed by atoms with van der Waals surface area (Å²) in [7, 11) is 2.16. The van der Waals surface area contributed by atoms with Crippen LogP contribution in [0.5, 0.6) is 0 Å². The minimum Gasteiger partial charge on any atom is -0.352 e. The average molecular weight is 291 g/mol. The number of carbonyl (C=O) groups excluding carboxylic acids is 1. The summed E-state index contributed by atoms with van der Waals surface area (Å²) in [6.45, 7) is 4.87. The van der Waals surface area contributed by atoms with Crippen LogP contribution < -0.4 is 16.6 Å². The Labute approximate surface area is 126 Å². The van der Waals surface area contributed by atoms with Gasteiger partial charge in [-0.25, -0.2) is 0 Å². The van der Waals surface area contributed by atoms with Gasteiger partial charge >= 0.3 is 0 Å². The van der Waals surface area contributed by atoms with Gasteiger partial charge in [0.05, 0.1) is 11.3 Å². The molecule has 1 fully saturated rings. The van der Waals surface area contributed by atoms with E-state index in [9.17, 15) is 4.79 Å². The average Bonchev–Trinajstić information content (AvgIpc) is 2.49. The summed E-state index contributed by atoms with van der Waals surface area (Å²) >= 11 is 0. The largest absolute Gasteiger partial charge is 0.352 e. The van der Waals surface area contributed by atoms with Gasteiger partial charge in [-0.05, 0) is 58.3 Å². The first-order valence-electron chi connectivity index (χ1n) is 7.50. The molecular formula is C15H25N5O. The summed E-state index contributed by atoms with van der Waals surface area (Å²) in [5.74, 6) is 6.04. The highest BCUT2D eigenvalue weighted by atomic mass is 16.1. The molecule has 1 aromatic heterocycles. The van der Waals surface area contributed by atoms with Gasteiger partial charge in [0.15, 0.2) is 0 Å². The standard InChI is InChI=1S/C15H25N5O/c1-11-9-14(19-16)13(10-18-11)15(21)17-6-3-12-4-7-20(2)8-5-12/h9-10,12H,3-8,16H2,1-2H3,(H,17,21)(H,18,19). The molecule has 1 aliphatic heterocycles. The Balaban J connectivity index is 1.82. The molecule has 2 rings (SSSR count). The third-order valence-electron chi connectivity index (χ3n) is 4.12. The number of piperidine rings is 1. The van der Waals surface area contributed by atoms with E-state index in [1.54, 1.807) is 12.3 Å². The van der Waals surface area contributed by atoms with E-state index in [1.165, 1.54) is 12.8 Å². The van der Waals surface area contributed by atoms with Crippen LogP contribution in [0, 0.1) is 12.8 Å². The number of rotatable bonds is 5. The minimum absolute atomic E-state index is 0.122. The van der Waals surface area contributed by atoms with E-state index in [-0.39, 0.29) is 5.91 Å². The number of hydrazine groups is 1. The van der Waals surface area contributed by atoms with Crippen molar-refractivity contribution >= 4 is 11.6 Å². The minimum atomic E-state index is -0.122. The zero-order chi connectivity index (χ0) is 15.2. The normalized spacial score (nSPS) is 16.7. The van der Waals surface area contributed by atoms with Crippen LogP contribution >= 0.6 is 0 Å². The zero-order valence-electron chi connectivity index (χ0n) is 12.9. The molecule has 0 atom stereocenters. The van der Waals surface area contributed by atoms with Gasteiger partial charge in [-0.15, -0.1) is 0 Å². The predicted octanol–water partition coefficient (Wildman–Crippen LogP) is 1.14. The Kier molecular flexibility index (Phi) is 5.52. The lowest BCUT2D eigenvalue weighted by atomic mass is 9.94. The van der Waals surface area contributed by atoms with Crippen LogP contribution in [0.3, 0.4) is 0 Å². The number of aryl methyl sites for hydroxylation is 1. The van der Waals surface area contributed by atoms with Crippen molar-refractivity contribution in [2.45, 2.75) is 26.2 Å². The summed E-state index contributed by atoms with van der Waals surface area (Å²) in [6, 6.07) is 1.77. The Bertz CT molecular complexity index is 483. The molecule has 1 amide bonds. The van der Waals surface area contributed by atoms with Gasteiger partial charge in [-0.3, -0.25) is 15.6 Å². The van der Waals surface area contributed by atoms with Gasteiger partial charge in [0, 0.05) is 18.4 Å². The molecule has 1 aliphatic rings. The number of nitrogens with two attached hydrogens (primary N) is 1. The Morgan fingerprint density at radius 3 is 2.86 bits per heavy atom. The fourth-order valence-corrected chi connectivity index (χ4v) is 2.70. The molecule has 0 saturated carbocycles. The van der Waals surface area contributed by atoms with E-state index < -0.39 is 0 Å². The molecule has 116 valence electrons. The molecule has 2 heterocycles. The van der Waals surface area contributed by atoms with Crippen LogP contribution in [-0.2, 0) is 0 Å². The second-order valence-electron chi connectivity index (χ2n) is 5.81. The first-order valence-corrected chi connectivity index (χ1v) is 7.50. The first-order chi connectivity index (χ1) is 10.1. The third-order valence-corrected chi connectivity index (χ3v) is 4.12. The fourth-order valence-electron chi connectivity index (χ4n) is 2.70. The maximum atomic E-state index is 12.2. The maximum Gasteiger partial charge on any atom is 0.255 e. The smallest absolute Gasteiger partial charge is 0.255 e. The quantitative estimate of drug-likeness (QED) is 0.560. The lowest BCUT2D eigenvalue weighted by Gasteiger charge is -2.28. The van der Waals surface area contributed by atoms with Crippen LogP contribution in [0.2, 0.25) is 0 Å². The number of aromatic nitrogens is 1. The number of hydrogen-bond acceptors (Lipinski definition) is 5. The molecule has 1 saturated heterocycles. The molecule has 0 spiro atoms. The monoisotopic (exact) mass is 291 g/mol. The number of likely N-dealkylation sites (tertiary alicyclic amines) is 1. The molecule has 0 radical (unpaired) electrons. The van der Waals surface area contributed by atoms with Crippen molar-refractivity contribution in [1.29, 1.82) is 0 Å². The predicted molar refractivity (Wildman–Crippen MR) is 84.0 cm³/mol. The van der Waals surface area contributed by atoms with E-state index in [1.807, 2.05) is 6.92 Å². The molecule has 0 aliphatic carbocycles. The number of nitrogen functional groups attached to an aromatic ring is 1. The number of pyridine rings is 1. The number of anilines is 1. The molecule has 21 heavy (non-hydrogen) atoms. The second kappa shape index (κ2) is 7.38. The van der Waals surface area contributed by atoms with Gasteiger partial charge < -0.3 is 15.6 Å². The Morgan fingerprint density at radius 1 is 1.48 bits per heavy atom. The van der Waals surface area contributed by atoms with Crippen LogP contribution in [-0.4, -0.2) is 42.5 Å². The maximum absolute atomic E-state index is 12.2.